The van der Waals surface area contributed by atoms with E-state index < -0.39 is 46.9 Å². The topological polar surface area (TPSA) is 60.9 Å². The van der Waals surface area contributed by atoms with Crippen LogP contribution < -0.4 is 0 Å². The van der Waals surface area contributed by atoms with Gasteiger partial charge >= 0.3 is 0 Å². The van der Waals surface area contributed by atoms with E-state index in [4.69, 9.17) is 0 Å². The normalized spacial score (nSPS) is 17.7. The summed E-state index contributed by atoms with van der Waals surface area (Å²) in [5.74, 6) is -4.16. The Bertz CT molecular complexity index is 805. The minimum Gasteiger partial charge on any atom is -0.302 e. The van der Waals surface area contributed by atoms with Gasteiger partial charge in [-0.15, -0.1) is 11.3 Å². The molecule has 24 heavy (non-hydrogen) atoms. The van der Waals surface area contributed by atoms with Crippen LogP contribution in [0.3, 0.4) is 0 Å². The van der Waals surface area contributed by atoms with Gasteiger partial charge in [0.15, 0.2) is 11.3 Å². The third-order valence-corrected chi connectivity index (χ3v) is 5.25. The molecule has 1 aliphatic heterocycles. The van der Waals surface area contributed by atoms with E-state index in [1.807, 2.05) is 0 Å². The van der Waals surface area contributed by atoms with Crippen molar-refractivity contribution < 1.29 is 28.0 Å². The van der Waals surface area contributed by atoms with Crippen LogP contribution in [0.5, 0.6) is 0 Å². The highest BCUT2D eigenvalue weighted by Gasteiger charge is 2.43. The Morgan fingerprint density at radius 1 is 1.29 bits per heavy atom. The zero-order chi connectivity index (χ0) is 17.6. The summed E-state index contributed by atoms with van der Waals surface area (Å²) in [4.78, 5) is 25.2. The number of benzene rings is 1. The zero-order valence-electron chi connectivity index (χ0n) is 11.7. The van der Waals surface area contributed by atoms with Crippen molar-refractivity contribution in [1.29, 1.82) is 0 Å². The summed E-state index contributed by atoms with van der Waals surface area (Å²) in [7, 11) is 0. The average Bonchev–Trinajstić information content (AvgIpc) is 2.99. The number of rotatable bonds is 2. The molecule has 3 rings (SSSR count). The third-order valence-electron chi connectivity index (χ3n) is 3.44. The molecule has 1 saturated heterocycles. The van der Waals surface area contributed by atoms with Gasteiger partial charge in [0, 0.05) is 0 Å². The van der Waals surface area contributed by atoms with Gasteiger partial charge in [-0.25, -0.2) is 8.78 Å². The maximum Gasteiger partial charge on any atom is 0.268 e. The Hall–Kier alpha value is -1.91. The van der Waals surface area contributed by atoms with Crippen molar-refractivity contribution in [3.05, 3.63) is 55.9 Å². The molecule has 2 amide bonds. The van der Waals surface area contributed by atoms with E-state index in [9.17, 15) is 28.0 Å². The first-order valence-electron chi connectivity index (χ1n) is 6.52. The molecule has 1 unspecified atom stereocenters. The number of thiophene rings is 1. The molecule has 1 atom stereocenters. The number of hydrogen-bond acceptors (Lipinski definition) is 4. The Labute approximate surface area is 146 Å². The molecular weight excluding hydrogens is 413 g/mol. The highest BCUT2D eigenvalue weighted by atomic mass is 79.9. The van der Waals surface area contributed by atoms with Gasteiger partial charge in [0.2, 0.25) is 0 Å². The van der Waals surface area contributed by atoms with Crippen LogP contribution in [0.2, 0.25) is 0 Å². The van der Waals surface area contributed by atoms with E-state index in [-0.39, 0.29) is 14.4 Å². The summed E-state index contributed by atoms with van der Waals surface area (Å²) in [6.45, 7) is -0.592. The molecule has 2 aromatic rings. The third kappa shape index (κ3) is 2.70. The molecule has 126 valence electrons. The van der Waals surface area contributed by atoms with Crippen LogP contribution in [-0.4, -0.2) is 33.5 Å². The molecule has 0 bridgehead atoms. The number of nitrogens with zero attached hydrogens (tertiary/aromatic N) is 2. The van der Waals surface area contributed by atoms with E-state index in [1.54, 1.807) is 0 Å². The van der Waals surface area contributed by atoms with Crippen molar-refractivity contribution in [2.24, 2.45) is 0 Å². The maximum atomic E-state index is 13.8. The highest BCUT2D eigenvalue weighted by molar-refractivity contribution is 9.10. The second-order valence-corrected chi connectivity index (χ2v) is 6.80. The molecular formula is C14H8BrF3N2O3S. The van der Waals surface area contributed by atoms with E-state index in [0.29, 0.717) is 11.3 Å². The number of amides is 2. The number of carbonyl (C=O) groups is 2. The average molecular weight is 421 g/mol. The molecule has 0 radical (unpaired) electrons. The minimum absolute atomic E-state index is 0.0831. The lowest BCUT2D eigenvalue weighted by atomic mass is 10.1. The van der Waals surface area contributed by atoms with Gasteiger partial charge in [0.1, 0.15) is 23.7 Å². The van der Waals surface area contributed by atoms with Crippen LogP contribution in [0.15, 0.2) is 28.7 Å². The fourth-order valence-electron chi connectivity index (χ4n) is 2.37. The fraction of sp³-hybridized carbons (Fsp3) is 0.143. The Kier molecular flexibility index (Phi) is 4.37. The summed E-state index contributed by atoms with van der Waals surface area (Å²) in [6, 6.07) is 4.19. The predicted molar refractivity (Wildman–Crippen MR) is 80.7 cm³/mol. The quantitative estimate of drug-likeness (QED) is 0.758. The van der Waals surface area contributed by atoms with Crippen molar-refractivity contribution in [1.82, 2.24) is 9.96 Å². The molecule has 2 heterocycles. The summed E-state index contributed by atoms with van der Waals surface area (Å²) in [6.07, 6.45) is -1.37. The lowest BCUT2D eigenvalue weighted by molar-refractivity contribution is -0.168. The molecule has 5 nitrogen and oxygen atoms in total. The van der Waals surface area contributed by atoms with Crippen molar-refractivity contribution >= 4 is 39.1 Å². The molecule has 10 heteroatoms. The second kappa shape index (κ2) is 6.19. The van der Waals surface area contributed by atoms with Crippen molar-refractivity contribution in [2.75, 3.05) is 6.54 Å². The molecule has 1 aliphatic rings. The molecule has 0 saturated carbocycles. The van der Waals surface area contributed by atoms with Gasteiger partial charge in [-0.05, 0) is 34.1 Å². The van der Waals surface area contributed by atoms with Crippen LogP contribution in [0, 0.1) is 16.8 Å². The molecule has 1 aromatic carbocycles. The Morgan fingerprint density at radius 3 is 2.46 bits per heavy atom. The lowest BCUT2D eigenvalue weighted by Gasteiger charge is -2.25. The first-order valence-corrected chi connectivity index (χ1v) is 8.13. The van der Waals surface area contributed by atoms with Crippen molar-refractivity contribution in [3.63, 3.8) is 0 Å². The Morgan fingerprint density at radius 2 is 1.92 bits per heavy atom. The highest BCUT2D eigenvalue weighted by Crippen LogP contribution is 2.38. The Balaban J connectivity index is 2.04. The molecule has 1 aromatic heterocycles. The summed E-state index contributed by atoms with van der Waals surface area (Å²) in [5, 5.41) is 9.51. The first-order chi connectivity index (χ1) is 11.3. The van der Waals surface area contributed by atoms with Gasteiger partial charge in [-0.1, -0.05) is 6.07 Å². The van der Waals surface area contributed by atoms with E-state index in [1.165, 1.54) is 6.07 Å². The summed E-state index contributed by atoms with van der Waals surface area (Å²) < 4.78 is 41.3. The monoisotopic (exact) mass is 420 g/mol. The largest absolute Gasteiger partial charge is 0.302 e. The molecule has 1 fully saturated rings. The number of hydrogen-bond donors (Lipinski definition) is 1. The fourth-order valence-corrected chi connectivity index (χ4v) is 3.88. The van der Waals surface area contributed by atoms with Crippen molar-refractivity contribution in [3.8, 4) is 0 Å². The van der Waals surface area contributed by atoms with Crippen LogP contribution in [0.1, 0.15) is 21.4 Å². The summed E-state index contributed by atoms with van der Waals surface area (Å²) >= 11 is 3.54. The smallest absolute Gasteiger partial charge is 0.268 e. The van der Waals surface area contributed by atoms with Gasteiger partial charge in [0.25, 0.3) is 11.8 Å². The van der Waals surface area contributed by atoms with Crippen LogP contribution in [0.25, 0.3) is 0 Å². The number of carbonyl (C=O) groups excluding carboxylic acids is 2. The first kappa shape index (κ1) is 16.9. The van der Waals surface area contributed by atoms with Gasteiger partial charge in [0.05, 0.1) is 9.35 Å². The summed E-state index contributed by atoms with van der Waals surface area (Å²) in [5.41, 5.74) is -0.846. The van der Waals surface area contributed by atoms with Crippen LogP contribution in [0.4, 0.5) is 13.2 Å². The maximum absolute atomic E-state index is 13.8. The van der Waals surface area contributed by atoms with E-state index in [2.05, 4.69) is 15.9 Å². The minimum atomic E-state index is -1.37. The molecule has 0 aliphatic carbocycles. The predicted octanol–water partition coefficient (Wildman–Crippen LogP) is 3.30. The van der Waals surface area contributed by atoms with Crippen molar-refractivity contribution in [2.45, 2.75) is 6.17 Å². The molecule has 0 spiro atoms. The van der Waals surface area contributed by atoms with Gasteiger partial charge in [-0.3, -0.25) is 14.8 Å². The SMILES string of the molecule is O=C1CN(C(=O)c2c(F)cccc2F)C(c2cc(Br)c(F)s2)N1O. The van der Waals surface area contributed by atoms with Gasteiger partial charge < -0.3 is 4.90 Å². The molecule has 1 N–H and O–H groups in total. The number of hydroxylamine groups is 2. The van der Waals surface area contributed by atoms with E-state index >= 15 is 0 Å². The van der Waals surface area contributed by atoms with Crippen LogP contribution >= 0.6 is 27.3 Å². The van der Waals surface area contributed by atoms with E-state index in [0.717, 1.165) is 23.1 Å². The zero-order valence-corrected chi connectivity index (χ0v) is 14.1. The van der Waals surface area contributed by atoms with Gasteiger partial charge in [-0.2, -0.15) is 9.45 Å². The number of halogens is 4. The second-order valence-electron chi connectivity index (χ2n) is 4.91. The van der Waals surface area contributed by atoms with Crippen LogP contribution in [-0.2, 0) is 4.79 Å². The standard InChI is InChI=1S/C14H8BrF3N2O3S/c15-6-4-9(24-12(6)18)13-19(5-10(21)20(13)23)14(22)11-7(16)2-1-3-8(11)17/h1-4,13,23H,5H2. The lowest BCUT2D eigenvalue weighted by Crippen LogP contribution is -2.34.